The number of hydrogen-bond donors (Lipinski definition) is 2. The van der Waals surface area contributed by atoms with Gasteiger partial charge in [0.1, 0.15) is 46.3 Å². The number of carbonyl (C=O) groups excluding carboxylic acids is 2. The maximum atomic E-state index is 13.6. The minimum absolute atomic E-state index is 0.00403. The molecule has 0 spiro atoms. The van der Waals surface area contributed by atoms with E-state index >= 15 is 0 Å². The summed E-state index contributed by atoms with van der Waals surface area (Å²) in [6.07, 6.45) is 10.2. The van der Waals surface area contributed by atoms with Crippen molar-refractivity contribution in [2.24, 2.45) is 4.99 Å². The van der Waals surface area contributed by atoms with Crippen LogP contribution >= 0.6 is 22.9 Å². The van der Waals surface area contributed by atoms with E-state index in [2.05, 4.69) is 79.6 Å². The zero-order chi connectivity index (χ0) is 43.8. The number of nitrogens with zero attached hydrogens (tertiary/aromatic N) is 9. The van der Waals surface area contributed by atoms with Crippen LogP contribution in [0, 0.1) is 32.1 Å². The number of rotatable bonds is 10. The zero-order valence-corrected chi connectivity index (χ0v) is 37.2. The molecule has 0 unspecified atom stereocenters. The van der Waals surface area contributed by atoms with Crippen molar-refractivity contribution in [3.8, 4) is 16.8 Å². The molecule has 3 aromatic heterocycles. The number of oxazole rings is 1. The summed E-state index contributed by atoms with van der Waals surface area (Å²) in [7, 11) is 1.75. The smallest absolute Gasteiger partial charge is 0.271 e. The number of nitrogens with one attached hydrogen (secondary N) is 2. The van der Waals surface area contributed by atoms with Crippen LogP contribution in [0.4, 0.5) is 0 Å². The summed E-state index contributed by atoms with van der Waals surface area (Å²) < 4.78 is 13.9. The summed E-state index contributed by atoms with van der Waals surface area (Å²) in [6, 6.07) is 15.5. The molecule has 1 saturated carbocycles. The van der Waals surface area contributed by atoms with Gasteiger partial charge in [-0.15, -0.1) is 21.5 Å². The van der Waals surface area contributed by atoms with Crippen LogP contribution in [0.5, 0.6) is 5.75 Å². The molecule has 9 rings (SSSR count). The molecule has 2 fully saturated rings. The highest BCUT2D eigenvalue weighted by Gasteiger charge is 2.33. The van der Waals surface area contributed by atoms with Gasteiger partial charge in [0.15, 0.2) is 11.7 Å². The fourth-order valence-corrected chi connectivity index (χ4v) is 10.1. The number of piperazine rings is 1. The highest BCUT2D eigenvalue weighted by molar-refractivity contribution is 7.15. The SMILES string of the molecule is Cc1sc2c(c1C)C(c1ccc(CN3CCN(C(=O)C4=CC=C(C(=O)N[C@H]5CC[C@H](Oc6ccc(C#N)c(Cl)c6)CC5)N(C)N4)CC3)cc1)=N[C@@H](Cc1ncco1)c1nnc(C)n1-2. The van der Waals surface area contributed by atoms with E-state index in [4.69, 9.17) is 31.0 Å². The Morgan fingerprint density at radius 2 is 1.81 bits per heavy atom. The van der Waals surface area contributed by atoms with Crippen LogP contribution in [0.2, 0.25) is 5.02 Å². The van der Waals surface area contributed by atoms with Crippen molar-refractivity contribution < 1.29 is 18.7 Å². The van der Waals surface area contributed by atoms with Gasteiger partial charge in [-0.25, -0.2) is 4.98 Å². The number of likely N-dealkylation sites (N-methyl/N-ethyl adjacent to an activating group) is 1. The van der Waals surface area contributed by atoms with Crippen LogP contribution in [0.25, 0.3) is 5.00 Å². The number of amides is 2. The molecule has 1 saturated heterocycles. The zero-order valence-electron chi connectivity index (χ0n) is 35.6. The lowest BCUT2D eigenvalue weighted by Gasteiger charge is -2.36. The Labute approximate surface area is 374 Å². The Morgan fingerprint density at radius 1 is 1.03 bits per heavy atom. The average Bonchev–Trinajstić information content (AvgIpc) is 4.00. The highest BCUT2D eigenvalue weighted by Crippen LogP contribution is 2.39. The van der Waals surface area contributed by atoms with Gasteiger partial charge in [-0.2, -0.15) is 5.26 Å². The number of benzene rings is 2. The van der Waals surface area contributed by atoms with Crippen molar-refractivity contribution in [3.63, 3.8) is 0 Å². The Morgan fingerprint density at radius 3 is 2.51 bits per heavy atom. The van der Waals surface area contributed by atoms with Crippen LogP contribution in [-0.4, -0.2) is 97.5 Å². The number of halogens is 1. The molecule has 15 nitrogen and oxygen atoms in total. The number of hydrazine groups is 1. The van der Waals surface area contributed by atoms with Crippen LogP contribution in [0.1, 0.15) is 82.0 Å². The van der Waals surface area contributed by atoms with Crippen molar-refractivity contribution in [3.05, 3.63) is 134 Å². The second kappa shape index (κ2) is 17.8. The van der Waals surface area contributed by atoms with Crippen LogP contribution in [-0.2, 0) is 22.6 Å². The molecule has 0 radical (unpaired) electrons. The number of nitriles is 1. The molecular weight excluding hydrogens is 838 g/mol. The van der Waals surface area contributed by atoms with Crippen molar-refractivity contribution in [2.75, 3.05) is 33.2 Å². The summed E-state index contributed by atoms with van der Waals surface area (Å²) in [5, 5.41) is 24.4. The molecule has 5 aromatic rings. The van der Waals surface area contributed by atoms with Gasteiger partial charge in [0.25, 0.3) is 11.8 Å². The first-order chi connectivity index (χ1) is 30.5. The maximum absolute atomic E-state index is 13.6. The van der Waals surface area contributed by atoms with Crippen molar-refractivity contribution in [1.29, 1.82) is 5.26 Å². The minimum atomic E-state index is -0.331. The van der Waals surface area contributed by atoms with Gasteiger partial charge in [0.2, 0.25) is 0 Å². The van der Waals surface area contributed by atoms with Gasteiger partial charge in [-0.1, -0.05) is 35.9 Å². The molecule has 3 aliphatic heterocycles. The summed E-state index contributed by atoms with van der Waals surface area (Å²) in [5.41, 5.74) is 9.83. The van der Waals surface area contributed by atoms with E-state index < -0.39 is 0 Å². The lowest BCUT2D eigenvalue weighted by Crippen LogP contribution is -2.52. The summed E-state index contributed by atoms with van der Waals surface area (Å²) in [6.45, 7) is 9.69. The van der Waals surface area contributed by atoms with Crippen molar-refractivity contribution in [2.45, 2.75) is 77.6 Å². The normalized spacial score (nSPS) is 20.0. The Kier molecular flexibility index (Phi) is 11.9. The number of fused-ring (bicyclic) bond motifs is 3. The van der Waals surface area contributed by atoms with Crippen LogP contribution < -0.4 is 15.5 Å². The number of thiophene rings is 1. The first-order valence-corrected chi connectivity index (χ1v) is 22.4. The monoisotopic (exact) mass is 885 g/mol. The topological polar surface area (TPSA) is 170 Å². The molecule has 324 valence electrons. The molecule has 0 bridgehead atoms. The van der Waals surface area contributed by atoms with Gasteiger partial charge in [-0.3, -0.25) is 34.5 Å². The summed E-state index contributed by atoms with van der Waals surface area (Å²) >= 11 is 7.91. The lowest BCUT2D eigenvalue weighted by atomic mass is 9.92. The predicted molar refractivity (Wildman–Crippen MR) is 238 cm³/mol. The molecule has 2 aromatic carbocycles. The fourth-order valence-electron chi connectivity index (χ4n) is 8.69. The highest BCUT2D eigenvalue weighted by atomic mass is 35.5. The molecule has 6 heterocycles. The molecule has 1 aliphatic carbocycles. The van der Waals surface area contributed by atoms with E-state index in [1.165, 1.54) is 16.0 Å². The van der Waals surface area contributed by atoms with E-state index in [0.717, 1.165) is 78.8 Å². The van der Waals surface area contributed by atoms with Gasteiger partial charge in [0, 0.05) is 67.9 Å². The number of hydrogen-bond acceptors (Lipinski definition) is 13. The largest absolute Gasteiger partial charge is 0.490 e. The second-order valence-electron chi connectivity index (χ2n) is 16.4. The summed E-state index contributed by atoms with van der Waals surface area (Å²) in [5.74, 6) is 2.52. The number of aromatic nitrogens is 4. The maximum Gasteiger partial charge on any atom is 0.271 e. The quantitative estimate of drug-likeness (QED) is 0.162. The van der Waals surface area contributed by atoms with Crippen LogP contribution in [0.3, 0.4) is 0 Å². The van der Waals surface area contributed by atoms with E-state index in [1.54, 1.807) is 66.2 Å². The second-order valence-corrected chi connectivity index (χ2v) is 18.0. The standard InChI is InChI=1S/C46H48ClN11O4S/c1-27-28(2)63-46-41(27)42(51-38(24-40-49-17-22-61-40)43-53-52-29(3)58(43)46)31-7-5-30(6-8-31)26-56-18-20-57(21-19-56)45(60)37-15-16-39(55(4)54-37)44(59)50-33-10-13-34(14-11-33)62-35-12-9-32(25-48)36(47)23-35/h5-9,12,15-17,22-23,33-34,38,54H,10-11,13-14,18-21,24,26H2,1-4H3,(H,50,59)/t33-,34-,38-/m0/s1. The third-order valence-electron chi connectivity index (χ3n) is 12.3. The minimum Gasteiger partial charge on any atom is -0.490 e. The first kappa shape index (κ1) is 42.0. The van der Waals surface area contributed by atoms with Gasteiger partial charge < -0.3 is 19.4 Å². The Balaban J connectivity index is 0.787. The number of aryl methyl sites for hydroxylation is 2. The molecule has 63 heavy (non-hydrogen) atoms. The third kappa shape index (κ3) is 8.73. The van der Waals surface area contributed by atoms with Crippen molar-refractivity contribution in [1.82, 2.24) is 45.3 Å². The predicted octanol–water partition coefficient (Wildman–Crippen LogP) is 6.27. The van der Waals surface area contributed by atoms with E-state index in [-0.39, 0.29) is 30.0 Å². The van der Waals surface area contributed by atoms with Crippen molar-refractivity contribution >= 4 is 40.5 Å². The van der Waals surface area contributed by atoms with E-state index in [1.807, 2.05) is 11.8 Å². The molecular formula is C46H48ClN11O4S. The first-order valence-electron chi connectivity index (χ1n) is 21.2. The lowest BCUT2D eigenvalue weighted by molar-refractivity contribution is -0.130. The summed E-state index contributed by atoms with van der Waals surface area (Å²) in [4.78, 5) is 42.2. The van der Waals surface area contributed by atoms with E-state index in [0.29, 0.717) is 53.1 Å². The number of ether oxygens (including phenoxy) is 1. The fraction of sp³-hybridized carbons (Fsp3) is 0.370. The van der Waals surface area contributed by atoms with Crippen LogP contribution in [0.15, 0.2) is 87.9 Å². The molecule has 17 heteroatoms. The average molecular weight is 886 g/mol. The Bertz CT molecular complexity index is 2660. The molecule has 2 amide bonds. The number of allylic oxidation sites excluding steroid dienone is 2. The van der Waals surface area contributed by atoms with Gasteiger partial charge in [0.05, 0.1) is 35.0 Å². The molecule has 2 N–H and O–H groups in total. The van der Waals surface area contributed by atoms with E-state index in [9.17, 15) is 9.59 Å². The van der Waals surface area contributed by atoms with Gasteiger partial charge in [-0.05, 0) is 81.9 Å². The van der Waals surface area contributed by atoms with Gasteiger partial charge >= 0.3 is 0 Å². The molecule has 1 atom stereocenters. The number of carbonyl (C=O) groups is 2. The molecule has 4 aliphatic rings. The Hall–Kier alpha value is -6.28. The number of aliphatic imine (C=N–C) groups is 1. The third-order valence-corrected chi connectivity index (χ3v) is 13.8.